The Labute approximate surface area is 224 Å². The number of ether oxygens (including phenoxy) is 1. The summed E-state index contributed by atoms with van der Waals surface area (Å²) in [5, 5.41) is 10.2. The van der Waals surface area contributed by atoms with Crippen molar-refractivity contribution >= 4 is 37.1 Å². The number of carbonyl (C=O) groups excluding carboxylic acids is 2. The molecule has 3 aliphatic heterocycles. The predicted octanol–water partition coefficient (Wildman–Crippen LogP) is 1.86. The second-order valence-electron chi connectivity index (χ2n) is 9.53. The molecule has 4 heterocycles. The zero-order valence-corrected chi connectivity index (χ0v) is 21.4. The van der Waals surface area contributed by atoms with Gasteiger partial charge in [-0.05, 0) is 25.3 Å². The summed E-state index contributed by atoms with van der Waals surface area (Å²) in [6.07, 6.45) is 1.21. The Kier molecular flexibility index (Phi) is 6.95. The standard InChI is InChI=1S/C25H25BClF2N5O4/c1-3-17(35)32-7-9-33-13(10-32)12-38-23-19(25(33)37)24(34-8-6-31(2)11-16(34)26)30-21(20(23)27)18-14(28)4-5-15(29)22(18)36/h3-5,13,16,36H,1,6-12H2,2H3/t13-,16-/m1/s1. The highest BCUT2D eigenvalue weighted by molar-refractivity contribution is 6.35. The van der Waals surface area contributed by atoms with Crippen LogP contribution >= 0.6 is 11.6 Å². The number of hydrogen-bond donors (Lipinski definition) is 1. The van der Waals surface area contributed by atoms with E-state index in [1.807, 2.05) is 11.9 Å². The average Bonchev–Trinajstić information content (AvgIpc) is 3.04. The first-order chi connectivity index (χ1) is 18.1. The van der Waals surface area contributed by atoms with E-state index in [9.17, 15) is 23.5 Å². The molecule has 9 nitrogen and oxygen atoms in total. The smallest absolute Gasteiger partial charge is 0.261 e. The number of hydrogen-bond acceptors (Lipinski definition) is 7. The molecule has 0 spiro atoms. The van der Waals surface area contributed by atoms with Crippen molar-refractivity contribution in [2.24, 2.45) is 0 Å². The second kappa shape index (κ2) is 10.1. The van der Waals surface area contributed by atoms with Gasteiger partial charge in [-0.2, -0.15) is 0 Å². The predicted molar refractivity (Wildman–Crippen MR) is 138 cm³/mol. The van der Waals surface area contributed by atoms with Crippen LogP contribution in [0.1, 0.15) is 10.4 Å². The number of anilines is 1. The topological polar surface area (TPSA) is 89.5 Å². The fourth-order valence-electron chi connectivity index (χ4n) is 5.13. The van der Waals surface area contributed by atoms with Crippen LogP contribution in [-0.4, -0.2) is 109 Å². The summed E-state index contributed by atoms with van der Waals surface area (Å²) < 4.78 is 35.3. The first-order valence-electron chi connectivity index (χ1n) is 12.1. The monoisotopic (exact) mass is 543 g/mol. The highest BCUT2D eigenvalue weighted by atomic mass is 35.5. The molecule has 5 rings (SSSR count). The molecule has 0 saturated carbocycles. The number of amides is 2. The van der Waals surface area contributed by atoms with Gasteiger partial charge in [0.1, 0.15) is 42.4 Å². The molecule has 2 fully saturated rings. The van der Waals surface area contributed by atoms with Gasteiger partial charge in [-0.15, -0.1) is 0 Å². The minimum Gasteiger partial charge on any atom is -0.504 e. The molecule has 0 bridgehead atoms. The number of pyridine rings is 1. The summed E-state index contributed by atoms with van der Waals surface area (Å²) >= 11 is 6.67. The molecule has 3 aliphatic rings. The Bertz CT molecular complexity index is 1330. The maximum Gasteiger partial charge on any atom is 0.261 e. The summed E-state index contributed by atoms with van der Waals surface area (Å²) in [5.41, 5.74) is -0.791. The quantitative estimate of drug-likeness (QED) is 0.467. The van der Waals surface area contributed by atoms with Crippen molar-refractivity contribution in [3.8, 4) is 22.8 Å². The molecule has 1 aromatic carbocycles. The lowest BCUT2D eigenvalue weighted by molar-refractivity contribution is -0.128. The average molecular weight is 544 g/mol. The number of halogens is 3. The summed E-state index contributed by atoms with van der Waals surface area (Å²) in [6.45, 7) is 5.69. The Morgan fingerprint density at radius 3 is 2.61 bits per heavy atom. The van der Waals surface area contributed by atoms with Gasteiger partial charge < -0.3 is 29.4 Å². The third-order valence-corrected chi connectivity index (χ3v) is 7.50. The molecule has 2 saturated heterocycles. The molecule has 2 amide bonds. The number of fused-ring (bicyclic) bond motifs is 2. The Morgan fingerprint density at radius 2 is 1.89 bits per heavy atom. The molecule has 1 aromatic heterocycles. The fraction of sp³-hybridized carbons (Fsp3) is 0.400. The van der Waals surface area contributed by atoms with E-state index in [2.05, 4.69) is 11.6 Å². The number of benzene rings is 1. The lowest BCUT2D eigenvalue weighted by atomic mass is 9.91. The van der Waals surface area contributed by atoms with Gasteiger partial charge in [0.25, 0.3) is 5.91 Å². The third kappa shape index (κ3) is 4.35. The van der Waals surface area contributed by atoms with Crippen molar-refractivity contribution in [3.63, 3.8) is 0 Å². The van der Waals surface area contributed by atoms with Gasteiger partial charge in [0, 0.05) is 45.2 Å². The van der Waals surface area contributed by atoms with E-state index in [-0.39, 0.29) is 53.5 Å². The van der Waals surface area contributed by atoms with Crippen LogP contribution in [0, 0.1) is 11.6 Å². The number of piperazine rings is 2. The molecule has 2 atom stereocenters. The van der Waals surface area contributed by atoms with E-state index in [1.54, 1.807) is 14.7 Å². The zero-order valence-electron chi connectivity index (χ0n) is 20.7. The number of phenols is 1. The molecule has 13 heteroatoms. The van der Waals surface area contributed by atoms with Crippen molar-refractivity contribution < 1.29 is 28.2 Å². The van der Waals surface area contributed by atoms with E-state index in [0.29, 0.717) is 26.2 Å². The van der Waals surface area contributed by atoms with Crippen LogP contribution < -0.4 is 9.64 Å². The molecule has 0 unspecified atom stereocenters. The van der Waals surface area contributed by atoms with Crippen LogP contribution in [-0.2, 0) is 4.79 Å². The van der Waals surface area contributed by atoms with Crippen LogP contribution in [0.2, 0.25) is 5.02 Å². The molecule has 198 valence electrons. The van der Waals surface area contributed by atoms with Gasteiger partial charge in [-0.1, -0.05) is 18.2 Å². The Morgan fingerprint density at radius 1 is 1.18 bits per heavy atom. The SMILES string of the molecule is [B][C@H]1CN(C)CCN1c1nc(-c2c(F)ccc(F)c2O)c(Cl)c2c1C(=O)N1CCN(C(=O)C=C)C[C@@H]1CO2. The van der Waals surface area contributed by atoms with Crippen LogP contribution in [0.3, 0.4) is 0 Å². The molecule has 38 heavy (non-hydrogen) atoms. The van der Waals surface area contributed by atoms with E-state index in [4.69, 9.17) is 24.2 Å². The van der Waals surface area contributed by atoms with E-state index >= 15 is 0 Å². The second-order valence-corrected chi connectivity index (χ2v) is 9.91. The maximum absolute atomic E-state index is 14.9. The van der Waals surface area contributed by atoms with E-state index in [1.165, 1.54) is 6.08 Å². The van der Waals surface area contributed by atoms with Crippen molar-refractivity contribution in [3.05, 3.63) is 47.0 Å². The molecular weight excluding hydrogens is 519 g/mol. The Balaban J connectivity index is 1.68. The number of rotatable bonds is 3. The highest BCUT2D eigenvalue weighted by Gasteiger charge is 2.41. The zero-order chi connectivity index (χ0) is 27.3. The summed E-state index contributed by atoms with van der Waals surface area (Å²) in [6, 6.07) is 1.14. The summed E-state index contributed by atoms with van der Waals surface area (Å²) in [7, 11) is 8.34. The van der Waals surface area contributed by atoms with E-state index in [0.717, 1.165) is 12.1 Å². The highest BCUT2D eigenvalue weighted by Crippen LogP contribution is 2.46. The number of likely N-dealkylation sites (N-methyl/N-ethyl adjacent to an activating group) is 1. The van der Waals surface area contributed by atoms with Gasteiger partial charge >= 0.3 is 0 Å². The summed E-state index contributed by atoms with van der Waals surface area (Å²) in [5.74, 6) is -4.24. The first-order valence-corrected chi connectivity index (χ1v) is 12.5. The van der Waals surface area contributed by atoms with Gasteiger partial charge in [-0.3, -0.25) is 9.59 Å². The number of phenolic OH excluding ortho intramolecular Hbond substituents is 1. The van der Waals surface area contributed by atoms with Crippen molar-refractivity contribution in [1.82, 2.24) is 19.7 Å². The maximum atomic E-state index is 14.9. The van der Waals surface area contributed by atoms with Gasteiger partial charge in [0.05, 0.1) is 11.6 Å². The molecule has 1 N–H and O–H groups in total. The first kappa shape index (κ1) is 26.2. The number of aromatic nitrogens is 1. The van der Waals surface area contributed by atoms with Gasteiger partial charge in [0.15, 0.2) is 17.3 Å². The minimum absolute atomic E-state index is 0.0192. The number of nitrogens with zero attached hydrogens (tertiary/aromatic N) is 5. The fourth-order valence-corrected chi connectivity index (χ4v) is 5.42. The molecular formula is C25H25BClF2N5O4. The molecule has 2 radical (unpaired) electrons. The van der Waals surface area contributed by atoms with Crippen molar-refractivity contribution in [2.75, 3.05) is 57.8 Å². The number of carbonyl (C=O) groups is 2. The molecule has 0 aliphatic carbocycles. The summed E-state index contributed by atoms with van der Waals surface area (Å²) in [4.78, 5) is 37.6. The van der Waals surface area contributed by atoms with Crippen LogP contribution in [0.5, 0.6) is 11.5 Å². The van der Waals surface area contributed by atoms with Crippen molar-refractivity contribution in [2.45, 2.75) is 12.0 Å². The van der Waals surface area contributed by atoms with Crippen LogP contribution in [0.25, 0.3) is 11.3 Å². The number of aromatic hydroxyl groups is 1. The van der Waals surface area contributed by atoms with Crippen molar-refractivity contribution in [1.29, 1.82) is 0 Å². The largest absolute Gasteiger partial charge is 0.504 e. The normalized spacial score (nSPS) is 21.9. The lowest BCUT2D eigenvalue weighted by Gasteiger charge is -2.41. The Hall–Kier alpha value is -3.38. The van der Waals surface area contributed by atoms with Gasteiger partial charge in [-0.25, -0.2) is 13.8 Å². The van der Waals surface area contributed by atoms with Gasteiger partial charge in [0.2, 0.25) is 5.91 Å². The third-order valence-electron chi connectivity index (χ3n) is 7.15. The van der Waals surface area contributed by atoms with Crippen LogP contribution in [0.4, 0.5) is 14.6 Å². The van der Waals surface area contributed by atoms with Crippen LogP contribution in [0.15, 0.2) is 24.8 Å². The minimum atomic E-state index is -1.06. The van der Waals surface area contributed by atoms with E-state index < -0.39 is 40.8 Å². The molecule has 2 aromatic rings. The lowest BCUT2D eigenvalue weighted by Crippen LogP contribution is -2.57.